The van der Waals surface area contributed by atoms with E-state index in [9.17, 15) is 9.59 Å². The molecule has 28 heavy (non-hydrogen) atoms. The molecule has 0 unspecified atom stereocenters. The van der Waals surface area contributed by atoms with Gasteiger partial charge in [-0.2, -0.15) is 0 Å². The van der Waals surface area contributed by atoms with Gasteiger partial charge in [0.05, 0.1) is 12.7 Å². The highest BCUT2D eigenvalue weighted by molar-refractivity contribution is 6.25. The third-order valence-electron chi connectivity index (χ3n) is 5.02. The van der Waals surface area contributed by atoms with Crippen LogP contribution in [0.4, 0.5) is 0 Å². The Balaban J connectivity index is 1.40. The largest absolute Gasteiger partial charge is 0.272 e. The summed E-state index contributed by atoms with van der Waals surface area (Å²) in [6.07, 6.45) is 1.82. The fourth-order valence-electron chi connectivity index (χ4n) is 3.63. The standard InChI is InChI=1S/C22H16N4O2/c27-21-17-10-4-8-16-9-5-11-18(20(16)17)22(28)26(21)13-12-25-14-19(23-24-25)15-6-2-1-3-7-15/h1-11,14H,12-13H2. The lowest BCUT2D eigenvalue weighted by Gasteiger charge is -2.27. The molecule has 6 nitrogen and oxygen atoms in total. The summed E-state index contributed by atoms with van der Waals surface area (Å²) >= 11 is 0. The van der Waals surface area contributed by atoms with Gasteiger partial charge in [0, 0.05) is 28.6 Å². The molecule has 0 N–H and O–H groups in total. The molecule has 0 saturated carbocycles. The molecule has 0 fully saturated rings. The number of amides is 2. The molecule has 1 aromatic heterocycles. The van der Waals surface area contributed by atoms with Crippen molar-refractivity contribution in [3.63, 3.8) is 0 Å². The van der Waals surface area contributed by atoms with Crippen LogP contribution < -0.4 is 0 Å². The number of hydrogen-bond donors (Lipinski definition) is 0. The Morgan fingerprint density at radius 3 is 2.11 bits per heavy atom. The lowest BCUT2D eigenvalue weighted by Crippen LogP contribution is -2.42. The molecule has 0 aliphatic carbocycles. The summed E-state index contributed by atoms with van der Waals surface area (Å²) in [6, 6.07) is 20.8. The van der Waals surface area contributed by atoms with E-state index in [-0.39, 0.29) is 18.4 Å². The quantitative estimate of drug-likeness (QED) is 0.518. The van der Waals surface area contributed by atoms with Crippen molar-refractivity contribution in [1.29, 1.82) is 0 Å². The van der Waals surface area contributed by atoms with Crippen molar-refractivity contribution < 1.29 is 9.59 Å². The van der Waals surface area contributed by atoms with Crippen molar-refractivity contribution in [1.82, 2.24) is 19.9 Å². The number of benzene rings is 3. The molecule has 5 rings (SSSR count). The fraction of sp³-hybridized carbons (Fsp3) is 0.0909. The van der Waals surface area contributed by atoms with Crippen LogP contribution in [0.1, 0.15) is 20.7 Å². The van der Waals surface area contributed by atoms with Gasteiger partial charge >= 0.3 is 0 Å². The van der Waals surface area contributed by atoms with E-state index in [1.165, 1.54) is 4.90 Å². The molecule has 136 valence electrons. The summed E-state index contributed by atoms with van der Waals surface area (Å²) in [7, 11) is 0. The number of rotatable bonds is 4. The van der Waals surface area contributed by atoms with Crippen LogP contribution in [0.3, 0.4) is 0 Å². The molecule has 3 aromatic carbocycles. The van der Waals surface area contributed by atoms with Gasteiger partial charge in [-0.3, -0.25) is 19.2 Å². The molecule has 4 aromatic rings. The molecule has 2 amide bonds. The van der Waals surface area contributed by atoms with Gasteiger partial charge in [-0.25, -0.2) is 0 Å². The van der Waals surface area contributed by atoms with Crippen LogP contribution in [0.5, 0.6) is 0 Å². The van der Waals surface area contributed by atoms with Gasteiger partial charge in [0.2, 0.25) is 0 Å². The number of aromatic nitrogens is 3. The number of nitrogens with zero attached hydrogens (tertiary/aromatic N) is 4. The van der Waals surface area contributed by atoms with Crippen molar-refractivity contribution in [2.45, 2.75) is 6.54 Å². The van der Waals surface area contributed by atoms with E-state index < -0.39 is 0 Å². The van der Waals surface area contributed by atoms with Gasteiger partial charge in [-0.05, 0) is 17.5 Å². The average Bonchev–Trinajstić information content (AvgIpc) is 3.21. The van der Waals surface area contributed by atoms with Gasteiger partial charge in [-0.15, -0.1) is 5.10 Å². The van der Waals surface area contributed by atoms with Gasteiger partial charge in [-0.1, -0.05) is 59.8 Å². The van der Waals surface area contributed by atoms with E-state index in [1.54, 1.807) is 16.8 Å². The Kier molecular flexibility index (Phi) is 3.76. The predicted molar refractivity (Wildman–Crippen MR) is 105 cm³/mol. The predicted octanol–water partition coefficient (Wildman–Crippen LogP) is 3.39. The Morgan fingerprint density at radius 1 is 0.750 bits per heavy atom. The van der Waals surface area contributed by atoms with Gasteiger partial charge in [0.15, 0.2) is 0 Å². The third kappa shape index (κ3) is 2.58. The normalized spacial score (nSPS) is 13.4. The van der Waals surface area contributed by atoms with Crippen molar-refractivity contribution in [3.05, 3.63) is 84.1 Å². The highest BCUT2D eigenvalue weighted by Gasteiger charge is 2.32. The summed E-state index contributed by atoms with van der Waals surface area (Å²) in [4.78, 5) is 27.1. The summed E-state index contributed by atoms with van der Waals surface area (Å²) < 4.78 is 1.66. The lowest BCUT2D eigenvalue weighted by atomic mass is 9.94. The molecule has 0 atom stereocenters. The second kappa shape index (κ2) is 6.42. The summed E-state index contributed by atoms with van der Waals surface area (Å²) in [5, 5.41) is 9.95. The van der Waals surface area contributed by atoms with Crippen molar-refractivity contribution >= 4 is 22.6 Å². The minimum atomic E-state index is -0.266. The van der Waals surface area contributed by atoms with Gasteiger partial charge < -0.3 is 0 Å². The first-order valence-electron chi connectivity index (χ1n) is 9.06. The van der Waals surface area contributed by atoms with Crippen LogP contribution in [0, 0.1) is 0 Å². The van der Waals surface area contributed by atoms with Crippen molar-refractivity contribution in [2.75, 3.05) is 6.54 Å². The molecule has 0 saturated heterocycles. The van der Waals surface area contributed by atoms with Crippen LogP contribution >= 0.6 is 0 Å². The van der Waals surface area contributed by atoms with Crippen LogP contribution in [0.25, 0.3) is 22.0 Å². The number of carbonyl (C=O) groups excluding carboxylic acids is 2. The lowest BCUT2D eigenvalue weighted by molar-refractivity contribution is 0.0603. The van der Waals surface area contributed by atoms with Crippen molar-refractivity contribution in [3.8, 4) is 11.3 Å². The molecule has 1 aliphatic rings. The zero-order valence-corrected chi connectivity index (χ0v) is 14.9. The Morgan fingerprint density at radius 2 is 1.43 bits per heavy atom. The molecule has 0 radical (unpaired) electrons. The minimum absolute atomic E-state index is 0.236. The van der Waals surface area contributed by atoms with Gasteiger partial charge in [0.1, 0.15) is 5.69 Å². The van der Waals surface area contributed by atoms with Crippen LogP contribution in [-0.2, 0) is 6.54 Å². The van der Waals surface area contributed by atoms with E-state index >= 15 is 0 Å². The number of imide groups is 1. The third-order valence-corrected chi connectivity index (χ3v) is 5.02. The van der Waals surface area contributed by atoms with E-state index in [0.29, 0.717) is 17.7 Å². The Hall–Kier alpha value is -3.80. The highest BCUT2D eigenvalue weighted by atomic mass is 16.2. The molecular formula is C22H16N4O2. The summed E-state index contributed by atoms with van der Waals surface area (Å²) in [5.74, 6) is -0.532. The maximum absolute atomic E-state index is 12.9. The summed E-state index contributed by atoms with van der Waals surface area (Å²) in [5.41, 5.74) is 2.86. The first kappa shape index (κ1) is 16.4. The van der Waals surface area contributed by atoms with E-state index in [0.717, 1.165) is 22.0 Å². The molecule has 6 heteroatoms. The zero-order valence-electron chi connectivity index (χ0n) is 14.9. The maximum atomic E-state index is 12.9. The monoisotopic (exact) mass is 368 g/mol. The second-order valence-corrected chi connectivity index (χ2v) is 6.70. The molecule has 0 bridgehead atoms. The Labute approximate surface area is 161 Å². The maximum Gasteiger partial charge on any atom is 0.261 e. The Bertz CT molecular complexity index is 1160. The van der Waals surface area contributed by atoms with Crippen LogP contribution in [0.15, 0.2) is 72.9 Å². The van der Waals surface area contributed by atoms with E-state index in [1.807, 2.05) is 60.8 Å². The molecule has 2 heterocycles. The second-order valence-electron chi connectivity index (χ2n) is 6.70. The topological polar surface area (TPSA) is 68.1 Å². The van der Waals surface area contributed by atoms with E-state index in [2.05, 4.69) is 10.3 Å². The zero-order chi connectivity index (χ0) is 19.1. The fourth-order valence-corrected chi connectivity index (χ4v) is 3.63. The van der Waals surface area contributed by atoms with Gasteiger partial charge in [0.25, 0.3) is 11.8 Å². The highest BCUT2D eigenvalue weighted by Crippen LogP contribution is 2.29. The SMILES string of the molecule is O=C1c2cccc3cccc(c23)C(=O)N1CCn1cc(-c2ccccc2)nn1. The minimum Gasteiger partial charge on any atom is -0.272 e. The number of hydrogen-bond acceptors (Lipinski definition) is 4. The molecule has 0 spiro atoms. The van der Waals surface area contributed by atoms with Crippen molar-refractivity contribution in [2.24, 2.45) is 0 Å². The molecule has 1 aliphatic heterocycles. The van der Waals surface area contributed by atoms with Crippen LogP contribution in [0.2, 0.25) is 0 Å². The van der Waals surface area contributed by atoms with E-state index in [4.69, 9.17) is 0 Å². The van der Waals surface area contributed by atoms with Crippen LogP contribution in [-0.4, -0.2) is 38.3 Å². The first-order valence-corrected chi connectivity index (χ1v) is 9.06. The smallest absolute Gasteiger partial charge is 0.261 e. The average molecular weight is 368 g/mol. The number of carbonyl (C=O) groups is 2. The molecular weight excluding hydrogens is 352 g/mol. The first-order chi connectivity index (χ1) is 13.7. The summed E-state index contributed by atoms with van der Waals surface area (Å²) in [6.45, 7) is 0.620.